The Labute approximate surface area is 203 Å². The molecule has 1 heterocycles. The van der Waals surface area contributed by atoms with E-state index in [-0.39, 0.29) is 17.7 Å². The van der Waals surface area contributed by atoms with Crippen molar-refractivity contribution in [2.24, 2.45) is 0 Å². The number of thioether (sulfide) groups is 1. The van der Waals surface area contributed by atoms with Crippen LogP contribution in [0.4, 0.5) is 4.79 Å². The van der Waals surface area contributed by atoms with Crippen LogP contribution in [0.25, 0.3) is 6.08 Å². The van der Waals surface area contributed by atoms with Crippen LogP contribution in [0.2, 0.25) is 5.02 Å². The molecule has 8 heteroatoms. The minimum Gasteiger partial charge on any atom is -0.490 e. The Bertz CT molecular complexity index is 1050. The van der Waals surface area contributed by atoms with Crippen molar-refractivity contribution in [3.05, 3.63) is 75.7 Å². The lowest BCUT2D eigenvalue weighted by Gasteiger charge is -2.17. The Kier molecular flexibility index (Phi) is 9.00. The molecular weight excluding hydrogens is 462 g/mol. The average Bonchev–Trinajstić information content (AvgIpc) is 3.05. The van der Waals surface area contributed by atoms with Gasteiger partial charge in [0.25, 0.3) is 11.1 Å². The zero-order chi connectivity index (χ0) is 23.8. The molecule has 1 saturated heterocycles. The molecule has 0 atom stereocenters. The predicted octanol–water partition coefficient (Wildman–Crippen LogP) is 5.73. The van der Waals surface area contributed by atoms with E-state index in [0.29, 0.717) is 47.7 Å². The molecule has 0 radical (unpaired) electrons. The molecule has 6 nitrogen and oxygen atoms in total. The Hall–Kier alpha value is -2.74. The summed E-state index contributed by atoms with van der Waals surface area (Å²) >= 11 is 6.89. The molecule has 1 aliphatic rings. The molecule has 0 aliphatic carbocycles. The maximum absolute atomic E-state index is 12.7. The summed E-state index contributed by atoms with van der Waals surface area (Å²) in [4.78, 5) is 26.5. The Morgan fingerprint density at radius 2 is 1.91 bits per heavy atom. The molecule has 0 N–H and O–H groups in total. The van der Waals surface area contributed by atoms with Gasteiger partial charge in [-0.1, -0.05) is 29.8 Å². The molecule has 0 unspecified atom stereocenters. The smallest absolute Gasteiger partial charge is 0.293 e. The number of carbonyl (C=O) groups excluding carboxylic acids is 2. The second-order valence-electron chi connectivity index (χ2n) is 7.17. The first-order valence-corrected chi connectivity index (χ1v) is 11.7. The molecule has 3 rings (SSSR count). The van der Waals surface area contributed by atoms with E-state index >= 15 is 0 Å². The van der Waals surface area contributed by atoms with Gasteiger partial charge in [0.05, 0.1) is 24.7 Å². The van der Waals surface area contributed by atoms with Crippen molar-refractivity contribution in [3.63, 3.8) is 0 Å². The SMILES string of the molecule is C=CCc1cc(/C=C2/SC(=O)N(CCOC)C2=O)cc(OCC)c1OCc1ccc(Cl)cc1. The van der Waals surface area contributed by atoms with E-state index in [9.17, 15) is 9.59 Å². The Morgan fingerprint density at radius 3 is 2.58 bits per heavy atom. The summed E-state index contributed by atoms with van der Waals surface area (Å²) in [6.45, 7) is 7.05. The summed E-state index contributed by atoms with van der Waals surface area (Å²) in [5, 5.41) is 0.361. The van der Waals surface area contributed by atoms with Crippen molar-refractivity contribution in [1.29, 1.82) is 0 Å². The number of rotatable bonds is 11. The van der Waals surface area contributed by atoms with E-state index in [0.717, 1.165) is 28.5 Å². The van der Waals surface area contributed by atoms with Crippen LogP contribution >= 0.6 is 23.4 Å². The van der Waals surface area contributed by atoms with E-state index < -0.39 is 0 Å². The molecule has 33 heavy (non-hydrogen) atoms. The number of nitrogens with zero attached hydrogens (tertiary/aromatic N) is 1. The number of allylic oxidation sites excluding steroid dienone is 1. The van der Waals surface area contributed by atoms with Crippen molar-refractivity contribution >= 4 is 40.6 Å². The third kappa shape index (κ3) is 6.41. The van der Waals surface area contributed by atoms with E-state index in [4.69, 9.17) is 25.8 Å². The second-order valence-corrected chi connectivity index (χ2v) is 8.60. The van der Waals surface area contributed by atoms with Gasteiger partial charge < -0.3 is 14.2 Å². The fourth-order valence-electron chi connectivity index (χ4n) is 3.26. The number of benzene rings is 2. The maximum atomic E-state index is 12.7. The number of hydrogen-bond donors (Lipinski definition) is 0. The number of methoxy groups -OCH3 is 1. The first-order valence-electron chi connectivity index (χ1n) is 10.5. The second kappa shape index (κ2) is 11.9. The fourth-order valence-corrected chi connectivity index (χ4v) is 4.25. The number of hydrogen-bond acceptors (Lipinski definition) is 6. The third-order valence-electron chi connectivity index (χ3n) is 4.80. The van der Waals surface area contributed by atoms with Crippen LogP contribution in [0.1, 0.15) is 23.6 Å². The van der Waals surface area contributed by atoms with Gasteiger partial charge in [-0.05, 0) is 66.6 Å². The van der Waals surface area contributed by atoms with Gasteiger partial charge >= 0.3 is 0 Å². The number of carbonyl (C=O) groups is 2. The summed E-state index contributed by atoms with van der Waals surface area (Å²) in [6.07, 6.45) is 4.03. The largest absolute Gasteiger partial charge is 0.490 e. The number of halogens is 1. The highest BCUT2D eigenvalue weighted by Gasteiger charge is 2.34. The van der Waals surface area contributed by atoms with Crippen LogP contribution < -0.4 is 9.47 Å². The lowest BCUT2D eigenvalue weighted by Crippen LogP contribution is -2.31. The summed E-state index contributed by atoms with van der Waals surface area (Å²) in [6, 6.07) is 11.2. The minimum atomic E-state index is -0.326. The van der Waals surface area contributed by atoms with Crippen molar-refractivity contribution in [1.82, 2.24) is 4.90 Å². The highest BCUT2D eigenvalue weighted by molar-refractivity contribution is 8.18. The number of amides is 2. The summed E-state index contributed by atoms with van der Waals surface area (Å²) in [5.41, 5.74) is 2.58. The topological polar surface area (TPSA) is 65.1 Å². The van der Waals surface area contributed by atoms with Crippen LogP contribution in [0.3, 0.4) is 0 Å². The lowest BCUT2D eigenvalue weighted by molar-refractivity contribution is -0.123. The van der Waals surface area contributed by atoms with Gasteiger partial charge in [0.1, 0.15) is 6.61 Å². The van der Waals surface area contributed by atoms with Crippen LogP contribution in [0.15, 0.2) is 54.0 Å². The van der Waals surface area contributed by atoms with E-state index in [2.05, 4.69) is 6.58 Å². The van der Waals surface area contributed by atoms with E-state index in [1.165, 1.54) is 12.0 Å². The lowest BCUT2D eigenvalue weighted by atomic mass is 10.0. The zero-order valence-electron chi connectivity index (χ0n) is 18.6. The average molecular weight is 488 g/mol. The standard InChI is InChI=1S/C25H26ClNO5S/c1-4-6-19-13-18(15-22-24(28)27(11-12-30-3)25(29)33-22)14-21(31-5-2)23(19)32-16-17-7-9-20(26)10-8-17/h4,7-10,13-15H,1,5-6,11-12,16H2,2-3H3/b22-15+. The molecule has 2 aromatic carbocycles. The molecule has 0 aromatic heterocycles. The molecule has 1 fully saturated rings. The fraction of sp³-hybridized carbons (Fsp3) is 0.280. The summed E-state index contributed by atoms with van der Waals surface area (Å²) < 4.78 is 17.0. The molecular formula is C25H26ClNO5S. The van der Waals surface area contributed by atoms with Crippen molar-refractivity contribution in [2.45, 2.75) is 20.0 Å². The number of imide groups is 1. The quantitative estimate of drug-likeness (QED) is 0.298. The molecule has 174 valence electrons. The highest BCUT2D eigenvalue weighted by atomic mass is 35.5. The summed E-state index contributed by atoms with van der Waals surface area (Å²) in [5.74, 6) is 0.862. The maximum Gasteiger partial charge on any atom is 0.293 e. The van der Waals surface area contributed by atoms with E-state index in [1.807, 2.05) is 43.3 Å². The molecule has 0 saturated carbocycles. The van der Waals surface area contributed by atoms with Gasteiger partial charge in [-0.2, -0.15) is 0 Å². The van der Waals surface area contributed by atoms with Gasteiger partial charge in [0, 0.05) is 17.7 Å². The van der Waals surface area contributed by atoms with Crippen LogP contribution in [0.5, 0.6) is 11.5 Å². The molecule has 0 spiro atoms. The third-order valence-corrected chi connectivity index (χ3v) is 5.96. The van der Waals surface area contributed by atoms with Gasteiger partial charge in [0.15, 0.2) is 11.5 Å². The molecule has 1 aliphatic heterocycles. The molecule has 2 aromatic rings. The number of ether oxygens (including phenoxy) is 3. The van der Waals surface area contributed by atoms with Gasteiger partial charge in [-0.3, -0.25) is 14.5 Å². The normalized spacial score (nSPS) is 14.8. The first kappa shape index (κ1) is 24.9. The highest BCUT2D eigenvalue weighted by Crippen LogP contribution is 2.37. The Balaban J connectivity index is 1.91. The molecule has 2 amide bonds. The predicted molar refractivity (Wildman–Crippen MR) is 132 cm³/mol. The van der Waals surface area contributed by atoms with Crippen molar-refractivity contribution in [2.75, 3.05) is 26.9 Å². The summed E-state index contributed by atoms with van der Waals surface area (Å²) in [7, 11) is 1.53. The van der Waals surface area contributed by atoms with Crippen LogP contribution in [-0.4, -0.2) is 42.9 Å². The first-order chi connectivity index (χ1) is 16.0. The zero-order valence-corrected chi connectivity index (χ0v) is 20.2. The van der Waals surface area contributed by atoms with Crippen molar-refractivity contribution < 1.29 is 23.8 Å². The molecule has 0 bridgehead atoms. The monoisotopic (exact) mass is 487 g/mol. The van der Waals surface area contributed by atoms with Crippen molar-refractivity contribution in [3.8, 4) is 11.5 Å². The van der Waals surface area contributed by atoms with Gasteiger partial charge in [0.2, 0.25) is 0 Å². The van der Waals surface area contributed by atoms with E-state index in [1.54, 1.807) is 12.2 Å². The minimum absolute atomic E-state index is 0.224. The Morgan fingerprint density at radius 1 is 1.15 bits per heavy atom. The van der Waals surface area contributed by atoms with Gasteiger partial charge in [-0.25, -0.2) is 0 Å². The van der Waals surface area contributed by atoms with Gasteiger partial charge in [-0.15, -0.1) is 6.58 Å². The van der Waals surface area contributed by atoms with Crippen LogP contribution in [0, 0.1) is 0 Å². The van der Waals surface area contributed by atoms with Crippen LogP contribution in [-0.2, 0) is 22.6 Å².